The number of nitrogens with zero attached hydrogens (tertiary/aromatic N) is 1. The number of methoxy groups -OCH3 is 1. The summed E-state index contributed by atoms with van der Waals surface area (Å²) >= 11 is 0. The normalized spacial score (nSPS) is 18.5. The Morgan fingerprint density at radius 3 is 2.91 bits per heavy atom. The summed E-state index contributed by atoms with van der Waals surface area (Å²) < 4.78 is 10.3. The molecule has 0 radical (unpaired) electrons. The lowest BCUT2D eigenvalue weighted by Gasteiger charge is -2.31. The number of fused-ring (bicyclic) bond motifs is 1. The molecule has 3 rings (SSSR count). The van der Waals surface area contributed by atoms with Gasteiger partial charge in [-0.1, -0.05) is 6.92 Å². The molecule has 5 nitrogen and oxygen atoms in total. The molecule has 1 aliphatic heterocycles. The molecule has 1 aliphatic rings. The van der Waals surface area contributed by atoms with Crippen molar-refractivity contribution in [2.24, 2.45) is 5.92 Å². The maximum atomic E-state index is 12.8. The second-order valence-corrected chi connectivity index (χ2v) is 5.84. The van der Waals surface area contributed by atoms with E-state index in [0.29, 0.717) is 28.2 Å². The molecule has 1 fully saturated rings. The van der Waals surface area contributed by atoms with E-state index in [4.69, 9.17) is 9.15 Å². The van der Waals surface area contributed by atoms with Gasteiger partial charge in [0, 0.05) is 30.6 Å². The number of piperidine rings is 1. The summed E-state index contributed by atoms with van der Waals surface area (Å²) in [6.07, 6.45) is 2.14. The third-order valence-electron chi connectivity index (χ3n) is 4.13. The summed E-state index contributed by atoms with van der Waals surface area (Å²) in [6, 6.07) is 6.44. The maximum absolute atomic E-state index is 12.8. The fourth-order valence-corrected chi connectivity index (χ4v) is 2.99. The predicted octanol–water partition coefficient (Wildman–Crippen LogP) is 2.67. The Balaban J connectivity index is 2.05. The molecule has 0 saturated carbocycles. The first-order chi connectivity index (χ1) is 10.6. The van der Waals surface area contributed by atoms with Crippen LogP contribution in [-0.4, -0.2) is 31.0 Å². The quantitative estimate of drug-likeness (QED) is 0.800. The molecule has 0 spiro atoms. The Labute approximate surface area is 128 Å². The Bertz CT molecular complexity index is 765. The Morgan fingerprint density at radius 2 is 2.18 bits per heavy atom. The number of carbonyl (C=O) groups excluding carboxylic acids is 1. The van der Waals surface area contributed by atoms with E-state index in [1.807, 2.05) is 4.90 Å². The van der Waals surface area contributed by atoms with Gasteiger partial charge < -0.3 is 14.1 Å². The van der Waals surface area contributed by atoms with Gasteiger partial charge in [-0.25, -0.2) is 4.79 Å². The van der Waals surface area contributed by atoms with E-state index in [1.54, 1.807) is 25.3 Å². The van der Waals surface area contributed by atoms with Crippen molar-refractivity contribution in [1.29, 1.82) is 0 Å². The highest BCUT2D eigenvalue weighted by atomic mass is 16.5. The summed E-state index contributed by atoms with van der Waals surface area (Å²) in [6.45, 7) is 3.61. The van der Waals surface area contributed by atoms with Gasteiger partial charge in [0.2, 0.25) is 0 Å². The Morgan fingerprint density at radius 1 is 1.36 bits per heavy atom. The zero-order valence-corrected chi connectivity index (χ0v) is 12.8. The Hall–Kier alpha value is -2.30. The van der Waals surface area contributed by atoms with Crippen molar-refractivity contribution in [2.75, 3.05) is 20.2 Å². The van der Waals surface area contributed by atoms with Gasteiger partial charge in [0.15, 0.2) is 0 Å². The van der Waals surface area contributed by atoms with E-state index < -0.39 is 5.63 Å². The molecule has 1 unspecified atom stereocenters. The zero-order valence-electron chi connectivity index (χ0n) is 12.8. The van der Waals surface area contributed by atoms with Gasteiger partial charge in [-0.15, -0.1) is 0 Å². The van der Waals surface area contributed by atoms with Gasteiger partial charge in [0.1, 0.15) is 11.3 Å². The van der Waals surface area contributed by atoms with Crippen molar-refractivity contribution < 1.29 is 13.9 Å². The van der Waals surface area contributed by atoms with Crippen LogP contribution in [-0.2, 0) is 0 Å². The number of ether oxygens (including phenoxy) is 1. The third kappa shape index (κ3) is 2.71. The minimum absolute atomic E-state index is 0.102. The van der Waals surface area contributed by atoms with Gasteiger partial charge in [0.25, 0.3) is 5.91 Å². The maximum Gasteiger partial charge on any atom is 0.337 e. The van der Waals surface area contributed by atoms with E-state index in [9.17, 15) is 9.59 Å². The number of hydrogen-bond acceptors (Lipinski definition) is 4. The van der Waals surface area contributed by atoms with Crippen LogP contribution in [0.1, 0.15) is 30.1 Å². The topological polar surface area (TPSA) is 59.8 Å². The van der Waals surface area contributed by atoms with Gasteiger partial charge in [0.05, 0.1) is 12.7 Å². The molecule has 5 heteroatoms. The number of rotatable bonds is 2. The van der Waals surface area contributed by atoms with Crippen LogP contribution in [0.5, 0.6) is 5.75 Å². The van der Waals surface area contributed by atoms with Crippen LogP contribution in [0, 0.1) is 5.92 Å². The smallest absolute Gasteiger partial charge is 0.337 e. The van der Waals surface area contributed by atoms with E-state index in [-0.39, 0.29) is 5.91 Å². The third-order valence-corrected chi connectivity index (χ3v) is 4.13. The second kappa shape index (κ2) is 5.83. The summed E-state index contributed by atoms with van der Waals surface area (Å²) in [5.41, 5.74) is 0.262. The van der Waals surface area contributed by atoms with Gasteiger partial charge in [-0.3, -0.25) is 4.79 Å². The first kappa shape index (κ1) is 14.6. The van der Waals surface area contributed by atoms with Crippen LogP contribution in [0.25, 0.3) is 11.0 Å². The minimum Gasteiger partial charge on any atom is -0.497 e. The summed E-state index contributed by atoms with van der Waals surface area (Å²) in [4.78, 5) is 26.4. The highest BCUT2D eigenvalue weighted by molar-refractivity contribution is 6.05. The predicted molar refractivity (Wildman–Crippen MR) is 83.3 cm³/mol. The standard InChI is InChI=1S/C17H19NO4/c1-11-4-3-7-18(10-11)17(20)14-9-16(19)22-15-8-12(21-2)5-6-13(14)15/h5-6,8-9,11H,3-4,7,10H2,1-2H3. The first-order valence-corrected chi connectivity index (χ1v) is 7.49. The number of hydrogen-bond donors (Lipinski definition) is 0. The first-order valence-electron chi connectivity index (χ1n) is 7.49. The molecule has 1 aromatic carbocycles. The lowest BCUT2D eigenvalue weighted by atomic mass is 9.99. The minimum atomic E-state index is -0.519. The second-order valence-electron chi connectivity index (χ2n) is 5.84. The van der Waals surface area contributed by atoms with Crippen LogP contribution >= 0.6 is 0 Å². The number of benzene rings is 1. The molecule has 2 aromatic rings. The lowest BCUT2D eigenvalue weighted by Crippen LogP contribution is -2.39. The van der Waals surface area contributed by atoms with Crippen molar-refractivity contribution in [3.05, 3.63) is 40.2 Å². The molecule has 0 aliphatic carbocycles. The van der Waals surface area contributed by atoms with Crippen molar-refractivity contribution in [3.8, 4) is 5.75 Å². The van der Waals surface area contributed by atoms with Crippen molar-refractivity contribution in [2.45, 2.75) is 19.8 Å². The molecule has 2 heterocycles. The lowest BCUT2D eigenvalue weighted by molar-refractivity contribution is 0.0684. The van der Waals surface area contributed by atoms with Crippen LogP contribution < -0.4 is 10.4 Å². The number of likely N-dealkylation sites (tertiary alicyclic amines) is 1. The van der Waals surface area contributed by atoms with Gasteiger partial charge >= 0.3 is 5.63 Å². The van der Waals surface area contributed by atoms with E-state index in [1.165, 1.54) is 6.07 Å². The van der Waals surface area contributed by atoms with E-state index >= 15 is 0 Å². The molecule has 0 bridgehead atoms. The summed E-state index contributed by atoms with van der Waals surface area (Å²) in [7, 11) is 1.55. The molecule has 1 amide bonds. The molecule has 1 saturated heterocycles. The van der Waals surface area contributed by atoms with Crippen LogP contribution in [0.4, 0.5) is 0 Å². The number of carbonyl (C=O) groups is 1. The van der Waals surface area contributed by atoms with Gasteiger partial charge in [-0.05, 0) is 30.9 Å². The van der Waals surface area contributed by atoms with Crippen molar-refractivity contribution >= 4 is 16.9 Å². The molecular formula is C17H19NO4. The Kier molecular flexibility index (Phi) is 3.88. The highest BCUT2D eigenvalue weighted by Crippen LogP contribution is 2.25. The van der Waals surface area contributed by atoms with Crippen LogP contribution in [0.15, 0.2) is 33.5 Å². The fourth-order valence-electron chi connectivity index (χ4n) is 2.99. The fraction of sp³-hybridized carbons (Fsp3) is 0.412. The average molecular weight is 301 g/mol. The zero-order chi connectivity index (χ0) is 15.7. The molecule has 0 N–H and O–H groups in total. The number of amides is 1. The van der Waals surface area contributed by atoms with Crippen molar-refractivity contribution in [1.82, 2.24) is 4.90 Å². The van der Waals surface area contributed by atoms with Crippen LogP contribution in [0.2, 0.25) is 0 Å². The largest absolute Gasteiger partial charge is 0.497 e. The molecule has 1 atom stereocenters. The summed E-state index contributed by atoms with van der Waals surface area (Å²) in [5, 5.41) is 0.642. The average Bonchev–Trinajstić information content (AvgIpc) is 2.52. The molecule has 1 aromatic heterocycles. The monoisotopic (exact) mass is 301 g/mol. The van der Waals surface area contributed by atoms with Crippen molar-refractivity contribution in [3.63, 3.8) is 0 Å². The molecule has 116 valence electrons. The highest BCUT2D eigenvalue weighted by Gasteiger charge is 2.24. The summed E-state index contributed by atoms with van der Waals surface area (Å²) in [5.74, 6) is 0.977. The van der Waals surface area contributed by atoms with E-state index in [0.717, 1.165) is 25.9 Å². The van der Waals surface area contributed by atoms with Gasteiger partial charge in [-0.2, -0.15) is 0 Å². The van der Waals surface area contributed by atoms with E-state index in [2.05, 4.69) is 6.92 Å². The SMILES string of the molecule is COc1ccc2c(C(=O)N3CCCC(C)C3)cc(=O)oc2c1. The van der Waals surface area contributed by atoms with Crippen LogP contribution in [0.3, 0.4) is 0 Å². The molecular weight excluding hydrogens is 282 g/mol. The molecule has 22 heavy (non-hydrogen) atoms.